The average Bonchev–Trinajstić information content (AvgIpc) is 3.68. The lowest BCUT2D eigenvalue weighted by Gasteiger charge is -2.29. The van der Waals surface area contributed by atoms with Gasteiger partial charge in [-0.1, -0.05) is 30.8 Å². The SMILES string of the molecule is C=C1C[n+]2ccccc2-c2ccccc2CCC2c3coc4cccc5oc6ccc7c(c6c45)n3c3n7cc[n+]3C12. The smallest absolute Gasteiger partial charge is 0.375 e. The highest BCUT2D eigenvalue weighted by molar-refractivity contribution is 6.22. The molecule has 41 heavy (non-hydrogen) atoms. The maximum atomic E-state index is 6.58. The van der Waals surface area contributed by atoms with Crippen molar-refractivity contribution in [3.8, 4) is 11.3 Å². The van der Waals surface area contributed by atoms with E-state index < -0.39 is 0 Å². The van der Waals surface area contributed by atoms with Crippen LogP contribution in [0.25, 0.3) is 55.6 Å². The van der Waals surface area contributed by atoms with Crippen molar-refractivity contribution >= 4 is 44.3 Å². The Morgan fingerprint density at radius 3 is 2.71 bits per heavy atom. The Hall–Kier alpha value is -5.10. The summed E-state index contributed by atoms with van der Waals surface area (Å²) in [5, 5.41) is 2.15. The number of imidazole rings is 2. The Kier molecular flexibility index (Phi) is 3.99. The predicted molar refractivity (Wildman–Crippen MR) is 157 cm³/mol. The van der Waals surface area contributed by atoms with Gasteiger partial charge >= 0.3 is 5.78 Å². The second-order valence-corrected chi connectivity index (χ2v) is 11.5. The van der Waals surface area contributed by atoms with E-state index >= 15 is 0 Å². The number of rotatable bonds is 0. The van der Waals surface area contributed by atoms with E-state index in [1.165, 1.54) is 33.6 Å². The van der Waals surface area contributed by atoms with Crippen LogP contribution in [0.2, 0.25) is 0 Å². The Morgan fingerprint density at radius 1 is 0.854 bits per heavy atom. The molecule has 2 aliphatic heterocycles. The van der Waals surface area contributed by atoms with Crippen LogP contribution < -0.4 is 9.13 Å². The topological polar surface area (TPSA) is 42.9 Å². The van der Waals surface area contributed by atoms with Crippen molar-refractivity contribution in [3.63, 3.8) is 0 Å². The number of fused-ring (bicyclic) bond motifs is 7. The van der Waals surface area contributed by atoms with Crippen molar-refractivity contribution in [2.24, 2.45) is 0 Å². The van der Waals surface area contributed by atoms with Crippen molar-refractivity contribution in [1.29, 1.82) is 0 Å². The highest BCUT2D eigenvalue weighted by Gasteiger charge is 2.43. The van der Waals surface area contributed by atoms with Gasteiger partial charge in [0.15, 0.2) is 18.3 Å². The third-order valence-corrected chi connectivity index (χ3v) is 9.46. The maximum Gasteiger partial charge on any atom is 0.375 e. The quantitative estimate of drug-likeness (QED) is 0.157. The molecule has 2 atom stereocenters. The third-order valence-electron chi connectivity index (χ3n) is 9.46. The summed E-state index contributed by atoms with van der Waals surface area (Å²) in [7, 11) is 0. The standard InChI is InChI=1S/C35H26N4O2/c1-21-19-36-16-5-4-9-25(36)23-8-3-2-7-22(23)12-13-24-27-20-40-28-10-6-11-29-31(28)32-30(41-29)15-14-26-34(32)39(27)35-37(26)17-18-38(35)33(21)24/h2-11,14-18,20,24,33H,1,12-13,19H2/q+2. The molecule has 8 aromatic rings. The molecule has 0 saturated heterocycles. The molecule has 0 spiro atoms. The van der Waals surface area contributed by atoms with E-state index in [0.29, 0.717) is 0 Å². The Balaban J connectivity index is 1.33. The van der Waals surface area contributed by atoms with Gasteiger partial charge in [0.25, 0.3) is 0 Å². The Labute approximate surface area is 234 Å². The summed E-state index contributed by atoms with van der Waals surface area (Å²) in [5.74, 6) is 1.28. The molecule has 196 valence electrons. The largest absolute Gasteiger partial charge is 0.461 e. The van der Waals surface area contributed by atoms with E-state index in [-0.39, 0.29) is 12.0 Å². The summed E-state index contributed by atoms with van der Waals surface area (Å²) in [6, 6.07) is 25.8. The molecule has 5 aromatic heterocycles. The first-order valence-corrected chi connectivity index (χ1v) is 14.3. The number of pyridine rings is 1. The fourth-order valence-electron chi connectivity index (χ4n) is 7.78. The minimum absolute atomic E-state index is 0.0759. The second kappa shape index (κ2) is 7.55. The monoisotopic (exact) mass is 534 g/mol. The van der Waals surface area contributed by atoms with Crippen molar-refractivity contribution in [1.82, 2.24) is 8.80 Å². The predicted octanol–water partition coefficient (Wildman–Crippen LogP) is 6.92. The zero-order chi connectivity index (χ0) is 26.8. The van der Waals surface area contributed by atoms with Gasteiger partial charge in [0.1, 0.15) is 46.5 Å². The second-order valence-electron chi connectivity index (χ2n) is 11.5. The summed E-state index contributed by atoms with van der Waals surface area (Å²) in [5.41, 5.74) is 11.1. The minimum atomic E-state index is 0.0759. The summed E-state index contributed by atoms with van der Waals surface area (Å²) in [6.45, 7) is 5.49. The normalized spacial score (nSPS) is 18.5. The molecule has 0 radical (unpaired) electrons. The van der Waals surface area contributed by atoms with Crippen LogP contribution in [0, 0.1) is 0 Å². The summed E-state index contributed by atoms with van der Waals surface area (Å²) >= 11 is 0. The van der Waals surface area contributed by atoms with Gasteiger partial charge in [-0.05, 0) is 54.8 Å². The summed E-state index contributed by atoms with van der Waals surface area (Å²) < 4.78 is 22.5. The van der Waals surface area contributed by atoms with Gasteiger partial charge in [-0.2, -0.15) is 13.4 Å². The number of allylic oxidation sites excluding steroid dienone is 1. The molecule has 7 heterocycles. The fourth-order valence-corrected chi connectivity index (χ4v) is 7.78. The van der Waals surface area contributed by atoms with Crippen LogP contribution in [0.3, 0.4) is 0 Å². The van der Waals surface area contributed by atoms with Crippen LogP contribution in [-0.4, -0.2) is 8.80 Å². The van der Waals surface area contributed by atoms with Gasteiger partial charge < -0.3 is 8.83 Å². The molecular weight excluding hydrogens is 508 g/mol. The summed E-state index contributed by atoms with van der Waals surface area (Å²) in [4.78, 5) is 0. The zero-order valence-electron chi connectivity index (χ0n) is 22.3. The van der Waals surface area contributed by atoms with Gasteiger partial charge in [-0.15, -0.1) is 0 Å². The van der Waals surface area contributed by atoms with Gasteiger partial charge in [-0.25, -0.2) is 4.57 Å². The molecule has 0 fully saturated rings. The molecule has 0 amide bonds. The van der Waals surface area contributed by atoms with Gasteiger partial charge in [-0.3, -0.25) is 0 Å². The molecular formula is C35H26N4O2+2. The van der Waals surface area contributed by atoms with Crippen LogP contribution in [0.15, 0.2) is 119 Å². The lowest BCUT2D eigenvalue weighted by atomic mass is 9.83. The molecule has 10 rings (SSSR count). The third kappa shape index (κ3) is 2.67. The highest BCUT2D eigenvalue weighted by atomic mass is 16.3. The van der Waals surface area contributed by atoms with Crippen molar-refractivity contribution < 1.29 is 18.0 Å². The van der Waals surface area contributed by atoms with Crippen LogP contribution in [0.5, 0.6) is 0 Å². The zero-order valence-corrected chi connectivity index (χ0v) is 22.3. The maximum absolute atomic E-state index is 6.58. The van der Waals surface area contributed by atoms with Crippen LogP contribution >= 0.6 is 0 Å². The number of aryl methyl sites for hydroxylation is 1. The minimum Gasteiger partial charge on any atom is -0.461 e. The Bertz CT molecular complexity index is 2400. The first-order chi connectivity index (χ1) is 20.3. The lowest BCUT2D eigenvalue weighted by molar-refractivity contribution is -0.714. The number of hydrogen-bond donors (Lipinski definition) is 0. The molecule has 6 heteroatoms. The lowest BCUT2D eigenvalue weighted by Crippen LogP contribution is -2.50. The number of aromatic nitrogens is 4. The number of hydrogen-bond acceptors (Lipinski definition) is 2. The van der Waals surface area contributed by atoms with Crippen LogP contribution in [0.1, 0.15) is 29.6 Å². The molecule has 2 unspecified atom stereocenters. The fraction of sp³-hybridized carbons (Fsp3) is 0.143. The average molecular weight is 535 g/mol. The van der Waals surface area contributed by atoms with Gasteiger partial charge in [0, 0.05) is 23.3 Å². The van der Waals surface area contributed by atoms with Crippen molar-refractivity contribution in [3.05, 3.63) is 121 Å². The van der Waals surface area contributed by atoms with Gasteiger partial charge in [0.2, 0.25) is 5.69 Å². The number of nitrogens with zero attached hydrogens (tertiary/aromatic N) is 4. The number of benzene rings is 3. The molecule has 6 nitrogen and oxygen atoms in total. The summed E-state index contributed by atoms with van der Waals surface area (Å²) in [6.07, 6.45) is 10.5. The van der Waals surface area contributed by atoms with Crippen LogP contribution in [-0.2, 0) is 13.0 Å². The molecule has 0 N–H and O–H groups in total. The number of furan rings is 1. The molecule has 0 bridgehead atoms. The van der Waals surface area contributed by atoms with Crippen molar-refractivity contribution in [2.75, 3.05) is 0 Å². The molecule has 0 aliphatic carbocycles. The van der Waals surface area contributed by atoms with E-state index in [1.54, 1.807) is 0 Å². The van der Waals surface area contributed by atoms with Gasteiger partial charge in [0.05, 0.1) is 22.9 Å². The molecule has 3 aromatic carbocycles. The van der Waals surface area contributed by atoms with Crippen LogP contribution in [0.4, 0.5) is 0 Å². The van der Waals surface area contributed by atoms with E-state index in [4.69, 9.17) is 15.4 Å². The first kappa shape index (κ1) is 21.7. The van der Waals surface area contributed by atoms with E-state index in [9.17, 15) is 0 Å². The molecule has 2 aliphatic rings. The van der Waals surface area contributed by atoms with Crippen molar-refractivity contribution in [2.45, 2.75) is 31.3 Å². The Morgan fingerprint density at radius 2 is 1.73 bits per heavy atom. The van der Waals surface area contributed by atoms with E-state index in [0.717, 1.165) is 58.2 Å². The molecule has 0 saturated carbocycles. The first-order valence-electron chi connectivity index (χ1n) is 14.3. The van der Waals surface area contributed by atoms with E-state index in [1.807, 2.05) is 18.4 Å². The highest BCUT2D eigenvalue weighted by Crippen LogP contribution is 2.44. The van der Waals surface area contributed by atoms with E-state index in [2.05, 4.69) is 97.2 Å².